The Hall–Kier alpha value is -1.01. The standard InChI is InChI=1S/C14H25N5S/c1-3-4-12-17-13(9-14(18-12)19-15)16-10-5-7-11(20-2)8-6-10/h9-11H,3-8,15H2,1-2H3,(H2,16,17,18,19). The van der Waals surface area contributed by atoms with Crippen LogP contribution >= 0.6 is 11.8 Å². The fourth-order valence-corrected chi connectivity index (χ4v) is 3.38. The van der Waals surface area contributed by atoms with Crippen LogP contribution in [0.2, 0.25) is 0 Å². The maximum atomic E-state index is 5.48. The molecule has 5 nitrogen and oxygen atoms in total. The van der Waals surface area contributed by atoms with Crippen LogP contribution in [0, 0.1) is 0 Å². The van der Waals surface area contributed by atoms with Crippen molar-refractivity contribution in [3.63, 3.8) is 0 Å². The van der Waals surface area contributed by atoms with Gasteiger partial charge in [0.2, 0.25) is 0 Å². The van der Waals surface area contributed by atoms with Crippen molar-refractivity contribution in [2.24, 2.45) is 5.84 Å². The second-order valence-electron chi connectivity index (χ2n) is 5.30. The van der Waals surface area contributed by atoms with Crippen LogP contribution in [0.1, 0.15) is 44.9 Å². The van der Waals surface area contributed by atoms with Gasteiger partial charge in [-0.3, -0.25) is 0 Å². The van der Waals surface area contributed by atoms with Gasteiger partial charge < -0.3 is 10.7 Å². The molecule has 0 atom stereocenters. The van der Waals surface area contributed by atoms with Gasteiger partial charge in [-0.15, -0.1) is 0 Å². The number of hydrazine groups is 1. The minimum absolute atomic E-state index is 0.522. The molecule has 0 radical (unpaired) electrons. The van der Waals surface area contributed by atoms with Crippen LogP contribution in [0.15, 0.2) is 6.07 Å². The lowest BCUT2D eigenvalue weighted by molar-refractivity contribution is 0.472. The predicted molar refractivity (Wildman–Crippen MR) is 87.0 cm³/mol. The fourth-order valence-electron chi connectivity index (χ4n) is 2.63. The molecule has 0 bridgehead atoms. The molecule has 1 aromatic rings. The minimum atomic E-state index is 0.522. The number of aryl methyl sites for hydroxylation is 1. The summed E-state index contributed by atoms with van der Waals surface area (Å²) >= 11 is 1.99. The highest BCUT2D eigenvalue weighted by molar-refractivity contribution is 7.99. The van der Waals surface area contributed by atoms with E-state index in [0.717, 1.165) is 29.7 Å². The van der Waals surface area contributed by atoms with E-state index in [1.807, 2.05) is 17.8 Å². The van der Waals surface area contributed by atoms with Gasteiger partial charge in [0.1, 0.15) is 17.5 Å². The van der Waals surface area contributed by atoms with Gasteiger partial charge in [0.25, 0.3) is 0 Å². The molecule has 1 aliphatic carbocycles. The van der Waals surface area contributed by atoms with E-state index in [0.29, 0.717) is 11.9 Å². The van der Waals surface area contributed by atoms with Gasteiger partial charge in [-0.25, -0.2) is 15.8 Å². The predicted octanol–water partition coefficient (Wildman–Crippen LogP) is 2.80. The number of rotatable bonds is 6. The van der Waals surface area contributed by atoms with Crippen molar-refractivity contribution in [3.05, 3.63) is 11.9 Å². The zero-order valence-electron chi connectivity index (χ0n) is 12.4. The van der Waals surface area contributed by atoms with Gasteiger partial charge in [0.15, 0.2) is 0 Å². The summed E-state index contributed by atoms with van der Waals surface area (Å²) in [6.45, 7) is 2.13. The number of anilines is 2. The highest BCUT2D eigenvalue weighted by atomic mass is 32.2. The zero-order valence-corrected chi connectivity index (χ0v) is 13.2. The Bertz CT molecular complexity index is 418. The number of nitrogens with zero attached hydrogens (tertiary/aromatic N) is 2. The number of hydrogen-bond acceptors (Lipinski definition) is 6. The molecule has 4 N–H and O–H groups in total. The summed E-state index contributed by atoms with van der Waals surface area (Å²) in [6.07, 6.45) is 9.12. The van der Waals surface area contributed by atoms with Gasteiger partial charge >= 0.3 is 0 Å². The van der Waals surface area contributed by atoms with Gasteiger partial charge in [0.05, 0.1) is 0 Å². The smallest absolute Gasteiger partial charge is 0.145 e. The molecule has 0 saturated heterocycles. The lowest BCUT2D eigenvalue weighted by atomic mass is 9.95. The summed E-state index contributed by atoms with van der Waals surface area (Å²) in [6, 6.07) is 2.41. The topological polar surface area (TPSA) is 75.9 Å². The van der Waals surface area contributed by atoms with Crippen molar-refractivity contribution in [1.29, 1.82) is 0 Å². The monoisotopic (exact) mass is 295 g/mol. The maximum absolute atomic E-state index is 5.48. The van der Waals surface area contributed by atoms with Crippen LogP contribution in [0.3, 0.4) is 0 Å². The Morgan fingerprint density at radius 2 is 1.95 bits per heavy atom. The van der Waals surface area contributed by atoms with E-state index in [1.54, 1.807) is 0 Å². The summed E-state index contributed by atoms with van der Waals surface area (Å²) in [7, 11) is 0. The van der Waals surface area contributed by atoms with E-state index in [9.17, 15) is 0 Å². The van der Waals surface area contributed by atoms with E-state index in [4.69, 9.17) is 5.84 Å². The van der Waals surface area contributed by atoms with E-state index < -0.39 is 0 Å². The van der Waals surface area contributed by atoms with Crippen LogP contribution in [0.25, 0.3) is 0 Å². The quantitative estimate of drug-likeness (QED) is 0.553. The van der Waals surface area contributed by atoms with E-state index in [-0.39, 0.29) is 0 Å². The Balaban J connectivity index is 1.99. The largest absolute Gasteiger partial charge is 0.367 e. The maximum Gasteiger partial charge on any atom is 0.145 e. The second-order valence-corrected chi connectivity index (χ2v) is 6.44. The second kappa shape index (κ2) is 7.69. The molecule has 1 aromatic heterocycles. The molecule has 0 amide bonds. The lowest BCUT2D eigenvalue weighted by Crippen LogP contribution is -2.27. The van der Waals surface area contributed by atoms with Crippen molar-refractivity contribution in [2.75, 3.05) is 17.0 Å². The summed E-state index contributed by atoms with van der Waals surface area (Å²) in [5.41, 5.74) is 2.63. The zero-order chi connectivity index (χ0) is 14.4. The first-order valence-corrected chi connectivity index (χ1v) is 8.67. The summed E-state index contributed by atoms with van der Waals surface area (Å²) in [5, 5.41) is 4.37. The van der Waals surface area contributed by atoms with Crippen LogP contribution in [-0.2, 0) is 6.42 Å². The SMILES string of the molecule is CCCc1nc(NN)cc(NC2CCC(SC)CC2)n1. The minimum Gasteiger partial charge on any atom is -0.367 e. The number of nitrogens with two attached hydrogens (primary N) is 1. The Morgan fingerprint density at radius 1 is 1.25 bits per heavy atom. The van der Waals surface area contributed by atoms with Gasteiger partial charge in [-0.05, 0) is 38.4 Å². The van der Waals surface area contributed by atoms with Crippen molar-refractivity contribution in [3.8, 4) is 0 Å². The molecule has 0 aliphatic heterocycles. The highest BCUT2D eigenvalue weighted by Gasteiger charge is 2.20. The average Bonchev–Trinajstić information content (AvgIpc) is 2.48. The third-order valence-electron chi connectivity index (χ3n) is 3.75. The molecule has 0 aromatic carbocycles. The molecule has 2 rings (SSSR count). The van der Waals surface area contributed by atoms with Gasteiger partial charge in [-0.1, -0.05) is 6.92 Å². The first-order chi connectivity index (χ1) is 9.75. The van der Waals surface area contributed by atoms with Gasteiger partial charge in [-0.2, -0.15) is 11.8 Å². The number of thioether (sulfide) groups is 1. The first kappa shape index (κ1) is 15.4. The Kier molecular flexibility index (Phi) is 5.91. The Labute approximate surface area is 125 Å². The molecule has 20 heavy (non-hydrogen) atoms. The molecular weight excluding hydrogens is 270 g/mol. The average molecular weight is 295 g/mol. The van der Waals surface area contributed by atoms with Gasteiger partial charge in [0, 0.05) is 23.8 Å². The van der Waals surface area contributed by atoms with E-state index >= 15 is 0 Å². The molecule has 0 unspecified atom stereocenters. The number of nitrogen functional groups attached to an aromatic ring is 1. The van der Waals surface area contributed by atoms with Crippen LogP contribution in [-0.4, -0.2) is 27.5 Å². The third kappa shape index (κ3) is 4.24. The summed E-state index contributed by atoms with van der Waals surface area (Å²) in [4.78, 5) is 8.95. The molecular formula is C14H25N5S. The summed E-state index contributed by atoms with van der Waals surface area (Å²) < 4.78 is 0. The van der Waals surface area contributed by atoms with Crippen LogP contribution in [0.5, 0.6) is 0 Å². The third-order valence-corrected chi connectivity index (χ3v) is 4.89. The Morgan fingerprint density at radius 3 is 2.55 bits per heavy atom. The van der Waals surface area contributed by atoms with E-state index in [2.05, 4.69) is 33.9 Å². The first-order valence-electron chi connectivity index (χ1n) is 7.39. The molecule has 6 heteroatoms. The lowest BCUT2D eigenvalue weighted by Gasteiger charge is -2.28. The number of nitrogens with one attached hydrogen (secondary N) is 2. The molecule has 112 valence electrons. The highest BCUT2D eigenvalue weighted by Crippen LogP contribution is 2.28. The van der Waals surface area contributed by atoms with Crippen LogP contribution in [0.4, 0.5) is 11.6 Å². The molecule has 1 heterocycles. The van der Waals surface area contributed by atoms with Crippen molar-refractivity contribution < 1.29 is 0 Å². The number of hydrogen-bond donors (Lipinski definition) is 3. The molecule has 1 fully saturated rings. The molecule has 1 saturated carbocycles. The molecule has 1 aliphatic rings. The summed E-state index contributed by atoms with van der Waals surface area (Å²) in [5.74, 6) is 7.91. The van der Waals surface area contributed by atoms with Crippen molar-refractivity contribution in [2.45, 2.75) is 56.7 Å². The number of aromatic nitrogens is 2. The van der Waals surface area contributed by atoms with Crippen molar-refractivity contribution in [1.82, 2.24) is 9.97 Å². The fraction of sp³-hybridized carbons (Fsp3) is 0.714. The normalized spacial score (nSPS) is 22.6. The van der Waals surface area contributed by atoms with E-state index in [1.165, 1.54) is 25.7 Å². The van der Waals surface area contributed by atoms with Crippen molar-refractivity contribution >= 4 is 23.4 Å². The molecule has 0 spiro atoms. The van der Waals surface area contributed by atoms with Crippen LogP contribution < -0.4 is 16.6 Å².